The molecule has 1 atom stereocenters. The molecule has 16 heavy (non-hydrogen) atoms. The maximum Gasteiger partial charge on any atom is 0.187 e. The van der Waals surface area contributed by atoms with E-state index >= 15 is 0 Å². The maximum absolute atomic E-state index is 11.1. The minimum atomic E-state index is -1.93. The van der Waals surface area contributed by atoms with Gasteiger partial charge in [-0.25, -0.2) is 4.21 Å². The van der Waals surface area contributed by atoms with E-state index in [-0.39, 0.29) is 0 Å². The highest BCUT2D eigenvalue weighted by Gasteiger charge is 2.06. The molecule has 0 heterocycles. The fraction of sp³-hybridized carbons (Fsp3) is 0.167. The normalized spacial score (nSPS) is 12.7. The third kappa shape index (κ3) is 1.94. The largest absolute Gasteiger partial charge is 0.378 e. The van der Waals surface area contributed by atoms with E-state index in [2.05, 4.69) is 0 Å². The predicted octanol–water partition coefficient (Wildman–Crippen LogP) is 2.49. The van der Waals surface area contributed by atoms with E-state index < -0.39 is 11.1 Å². The Hall–Kier alpha value is -1.39. The third-order valence-corrected chi connectivity index (χ3v) is 3.26. The first-order valence-electron chi connectivity index (χ1n) is 4.90. The smallest absolute Gasteiger partial charge is 0.187 e. The van der Waals surface area contributed by atoms with Crippen molar-refractivity contribution in [3.8, 4) is 0 Å². The van der Waals surface area contributed by atoms with Gasteiger partial charge in [0.25, 0.3) is 0 Å². The van der Waals surface area contributed by atoms with Crippen LogP contribution in [0.4, 0.5) is 5.69 Å². The highest BCUT2D eigenvalue weighted by molar-refractivity contribution is 7.79. The second-order valence-corrected chi connectivity index (χ2v) is 4.74. The van der Waals surface area contributed by atoms with Crippen molar-refractivity contribution in [2.75, 3.05) is 19.0 Å². The Bertz CT molecular complexity index is 552. The van der Waals surface area contributed by atoms with Gasteiger partial charge in [-0.3, -0.25) is 0 Å². The molecule has 0 saturated carbocycles. The zero-order valence-electron chi connectivity index (χ0n) is 9.18. The molecule has 0 aliphatic rings. The van der Waals surface area contributed by atoms with Gasteiger partial charge in [0.15, 0.2) is 11.1 Å². The summed E-state index contributed by atoms with van der Waals surface area (Å²) in [4.78, 5) is 2.46. The van der Waals surface area contributed by atoms with Crippen LogP contribution in [0.2, 0.25) is 0 Å². The van der Waals surface area contributed by atoms with Crippen LogP contribution in [0.5, 0.6) is 0 Å². The minimum Gasteiger partial charge on any atom is -0.378 e. The molecule has 0 radical (unpaired) electrons. The molecule has 3 nitrogen and oxygen atoms in total. The Labute approximate surface area is 97.0 Å². The van der Waals surface area contributed by atoms with Gasteiger partial charge in [-0.2, -0.15) is 0 Å². The standard InChI is InChI=1S/C12H13NO2S/c1-13(2)10-6-7-11-9(8-10)4-3-5-12(11)16(14)15/h3-8H,1-2H3,(H,14,15). The topological polar surface area (TPSA) is 40.5 Å². The lowest BCUT2D eigenvalue weighted by molar-refractivity contribution is 0.565. The van der Waals surface area contributed by atoms with Crippen molar-refractivity contribution < 1.29 is 8.76 Å². The van der Waals surface area contributed by atoms with Gasteiger partial charge in [0.05, 0.1) is 4.90 Å². The number of anilines is 1. The fourth-order valence-electron chi connectivity index (χ4n) is 1.67. The van der Waals surface area contributed by atoms with E-state index in [4.69, 9.17) is 4.55 Å². The summed E-state index contributed by atoms with van der Waals surface area (Å²) in [5.74, 6) is 0. The Balaban J connectivity index is 2.69. The number of hydrogen-bond donors (Lipinski definition) is 1. The van der Waals surface area contributed by atoms with Crippen LogP contribution in [0.15, 0.2) is 41.3 Å². The molecule has 0 saturated heterocycles. The van der Waals surface area contributed by atoms with E-state index in [0.29, 0.717) is 4.90 Å². The molecule has 2 rings (SSSR count). The molecule has 1 unspecified atom stereocenters. The average molecular weight is 235 g/mol. The third-order valence-electron chi connectivity index (χ3n) is 2.53. The van der Waals surface area contributed by atoms with Gasteiger partial charge in [0, 0.05) is 25.2 Å². The summed E-state index contributed by atoms with van der Waals surface area (Å²) in [6.07, 6.45) is 0. The van der Waals surface area contributed by atoms with Crippen LogP contribution in [0.25, 0.3) is 10.8 Å². The molecule has 2 aromatic rings. The molecule has 0 amide bonds. The second kappa shape index (κ2) is 4.23. The molecular weight excluding hydrogens is 222 g/mol. The number of hydrogen-bond acceptors (Lipinski definition) is 2. The molecular formula is C12H13NO2S. The van der Waals surface area contributed by atoms with Gasteiger partial charge in [-0.15, -0.1) is 0 Å². The quantitative estimate of drug-likeness (QED) is 0.813. The molecule has 0 aliphatic heterocycles. The molecule has 4 heteroatoms. The van der Waals surface area contributed by atoms with Crippen molar-refractivity contribution in [1.29, 1.82) is 0 Å². The molecule has 0 aliphatic carbocycles. The Kier molecular flexibility index (Phi) is 2.94. The monoisotopic (exact) mass is 235 g/mol. The summed E-state index contributed by atoms with van der Waals surface area (Å²) in [7, 11) is 3.93. The van der Waals surface area contributed by atoms with Gasteiger partial charge >= 0.3 is 0 Å². The first-order chi connectivity index (χ1) is 7.59. The highest BCUT2D eigenvalue weighted by atomic mass is 32.2. The zero-order chi connectivity index (χ0) is 11.7. The summed E-state index contributed by atoms with van der Waals surface area (Å²) >= 11 is -1.93. The Morgan fingerprint density at radius 3 is 2.56 bits per heavy atom. The lowest BCUT2D eigenvalue weighted by Gasteiger charge is -2.13. The molecule has 0 bridgehead atoms. The van der Waals surface area contributed by atoms with Crippen molar-refractivity contribution in [3.63, 3.8) is 0 Å². The van der Waals surface area contributed by atoms with Crippen LogP contribution in [0, 0.1) is 0 Å². The van der Waals surface area contributed by atoms with Crippen LogP contribution < -0.4 is 4.90 Å². The molecule has 0 spiro atoms. The van der Waals surface area contributed by atoms with Gasteiger partial charge in [0.2, 0.25) is 0 Å². The van der Waals surface area contributed by atoms with Gasteiger partial charge in [0.1, 0.15) is 0 Å². The molecule has 84 valence electrons. The average Bonchev–Trinajstić information content (AvgIpc) is 2.27. The van der Waals surface area contributed by atoms with E-state index in [1.54, 1.807) is 12.1 Å². The molecule has 1 N–H and O–H groups in total. The van der Waals surface area contributed by atoms with Crippen LogP contribution in [-0.2, 0) is 11.1 Å². The van der Waals surface area contributed by atoms with Crippen molar-refractivity contribution in [1.82, 2.24) is 0 Å². The predicted molar refractivity (Wildman–Crippen MR) is 67.3 cm³/mol. The second-order valence-electron chi connectivity index (χ2n) is 3.81. The summed E-state index contributed by atoms with van der Waals surface area (Å²) in [5, 5.41) is 1.81. The van der Waals surface area contributed by atoms with Gasteiger partial charge in [-0.05, 0) is 23.6 Å². The summed E-state index contributed by atoms with van der Waals surface area (Å²) < 4.78 is 20.3. The van der Waals surface area contributed by atoms with E-state index in [1.165, 1.54) is 0 Å². The number of fused-ring (bicyclic) bond motifs is 1. The molecule has 0 fully saturated rings. The van der Waals surface area contributed by atoms with Crippen LogP contribution in [-0.4, -0.2) is 22.9 Å². The summed E-state index contributed by atoms with van der Waals surface area (Å²) in [6.45, 7) is 0. The number of nitrogens with zero attached hydrogens (tertiary/aromatic N) is 1. The van der Waals surface area contributed by atoms with Crippen LogP contribution in [0.1, 0.15) is 0 Å². The van der Waals surface area contributed by atoms with Crippen LogP contribution in [0.3, 0.4) is 0 Å². The molecule has 0 aromatic heterocycles. The minimum absolute atomic E-state index is 0.461. The van der Waals surface area contributed by atoms with E-state index in [9.17, 15) is 4.21 Å². The highest BCUT2D eigenvalue weighted by Crippen LogP contribution is 2.25. The van der Waals surface area contributed by atoms with Gasteiger partial charge in [-0.1, -0.05) is 18.2 Å². The first kappa shape index (κ1) is 11.1. The summed E-state index contributed by atoms with van der Waals surface area (Å²) in [6, 6.07) is 11.2. The van der Waals surface area contributed by atoms with Crippen LogP contribution >= 0.6 is 0 Å². The summed E-state index contributed by atoms with van der Waals surface area (Å²) in [5.41, 5.74) is 1.08. The number of rotatable bonds is 2. The van der Waals surface area contributed by atoms with Crippen molar-refractivity contribution in [2.45, 2.75) is 4.90 Å². The zero-order valence-corrected chi connectivity index (χ0v) is 9.99. The SMILES string of the molecule is CN(C)c1ccc2c(S(=O)O)cccc2c1. The van der Waals surface area contributed by atoms with Gasteiger partial charge < -0.3 is 9.45 Å². The van der Waals surface area contributed by atoms with Crippen molar-refractivity contribution in [2.24, 2.45) is 0 Å². The number of benzene rings is 2. The van der Waals surface area contributed by atoms with Crippen molar-refractivity contribution in [3.05, 3.63) is 36.4 Å². The lowest BCUT2D eigenvalue weighted by Crippen LogP contribution is -2.08. The van der Waals surface area contributed by atoms with E-state index in [0.717, 1.165) is 16.5 Å². The Morgan fingerprint density at radius 1 is 1.19 bits per heavy atom. The Morgan fingerprint density at radius 2 is 1.94 bits per heavy atom. The molecule has 2 aromatic carbocycles. The fourth-order valence-corrected chi connectivity index (χ4v) is 2.24. The lowest BCUT2D eigenvalue weighted by atomic mass is 10.1. The maximum atomic E-state index is 11.1. The first-order valence-corrected chi connectivity index (χ1v) is 6.01. The van der Waals surface area contributed by atoms with E-state index in [1.807, 2.05) is 43.3 Å². The van der Waals surface area contributed by atoms with Crippen molar-refractivity contribution >= 4 is 27.5 Å².